The molecule has 0 radical (unpaired) electrons. The van der Waals surface area contributed by atoms with E-state index in [4.69, 9.17) is 5.73 Å². The van der Waals surface area contributed by atoms with Gasteiger partial charge in [0.25, 0.3) is 0 Å². The smallest absolute Gasteiger partial charge is 0.239 e. The molecule has 0 bridgehead atoms. The third-order valence-corrected chi connectivity index (χ3v) is 3.28. The Morgan fingerprint density at radius 2 is 2.25 bits per heavy atom. The summed E-state index contributed by atoms with van der Waals surface area (Å²) in [6, 6.07) is -0.603. The normalized spacial score (nSPS) is 27.2. The van der Waals surface area contributed by atoms with Crippen LogP contribution >= 0.6 is 0 Å². The molecule has 4 heteroatoms. The molecule has 92 valence electrons. The van der Waals surface area contributed by atoms with Crippen molar-refractivity contribution >= 4 is 5.91 Å². The van der Waals surface area contributed by atoms with E-state index in [1.54, 1.807) is 18.0 Å². The Morgan fingerprint density at radius 3 is 2.81 bits per heavy atom. The van der Waals surface area contributed by atoms with Gasteiger partial charge in [-0.3, -0.25) is 4.79 Å². The minimum Gasteiger partial charge on any atom is -0.391 e. The summed E-state index contributed by atoms with van der Waals surface area (Å²) in [6.07, 6.45) is 5.47. The predicted molar refractivity (Wildman–Crippen MR) is 63.8 cm³/mol. The largest absolute Gasteiger partial charge is 0.391 e. The third kappa shape index (κ3) is 3.06. The van der Waals surface area contributed by atoms with Crippen LogP contribution in [-0.2, 0) is 4.79 Å². The Labute approximate surface area is 97.1 Å². The van der Waals surface area contributed by atoms with Crippen LogP contribution in [0.5, 0.6) is 0 Å². The van der Waals surface area contributed by atoms with Gasteiger partial charge in [-0.1, -0.05) is 18.9 Å². The zero-order chi connectivity index (χ0) is 12.1. The van der Waals surface area contributed by atoms with E-state index in [2.05, 4.69) is 6.58 Å². The fourth-order valence-corrected chi connectivity index (χ4v) is 2.25. The summed E-state index contributed by atoms with van der Waals surface area (Å²) in [4.78, 5) is 13.5. The van der Waals surface area contributed by atoms with Gasteiger partial charge >= 0.3 is 0 Å². The molecule has 1 aliphatic rings. The van der Waals surface area contributed by atoms with Crippen LogP contribution in [0.3, 0.4) is 0 Å². The Balaban J connectivity index is 2.57. The van der Waals surface area contributed by atoms with Gasteiger partial charge in [-0.2, -0.15) is 0 Å². The van der Waals surface area contributed by atoms with E-state index in [0.717, 1.165) is 25.7 Å². The van der Waals surface area contributed by atoms with E-state index in [1.165, 1.54) is 0 Å². The van der Waals surface area contributed by atoms with E-state index in [1.807, 2.05) is 0 Å². The molecule has 0 spiro atoms. The number of carbonyl (C=O) groups is 1. The summed E-state index contributed by atoms with van der Waals surface area (Å²) in [6.45, 7) is 3.57. The lowest BCUT2D eigenvalue weighted by molar-refractivity contribution is -0.136. The summed E-state index contributed by atoms with van der Waals surface area (Å²) in [7, 11) is 1.73. The molecular weight excluding hydrogens is 204 g/mol. The average Bonchev–Trinajstić information content (AvgIpc) is 2.28. The molecule has 3 N–H and O–H groups in total. The first-order chi connectivity index (χ1) is 7.57. The molecule has 3 atom stereocenters. The van der Waals surface area contributed by atoms with Crippen molar-refractivity contribution in [2.75, 3.05) is 7.05 Å². The molecule has 1 amide bonds. The Bertz CT molecular complexity index is 255. The van der Waals surface area contributed by atoms with Crippen molar-refractivity contribution in [3.63, 3.8) is 0 Å². The fourth-order valence-electron chi connectivity index (χ4n) is 2.25. The summed E-state index contributed by atoms with van der Waals surface area (Å²) in [5, 5.41) is 9.85. The molecule has 0 aliphatic heterocycles. The van der Waals surface area contributed by atoms with Gasteiger partial charge in [0.05, 0.1) is 18.2 Å². The zero-order valence-electron chi connectivity index (χ0n) is 9.93. The maximum absolute atomic E-state index is 11.9. The summed E-state index contributed by atoms with van der Waals surface area (Å²) in [5.41, 5.74) is 5.74. The fraction of sp³-hybridized carbons (Fsp3) is 0.750. The van der Waals surface area contributed by atoms with Crippen LogP contribution in [0, 0.1) is 0 Å². The zero-order valence-corrected chi connectivity index (χ0v) is 9.93. The van der Waals surface area contributed by atoms with Gasteiger partial charge in [-0.05, 0) is 19.3 Å². The van der Waals surface area contributed by atoms with Crippen molar-refractivity contribution < 1.29 is 9.90 Å². The highest BCUT2D eigenvalue weighted by Crippen LogP contribution is 2.22. The maximum atomic E-state index is 11.9. The quantitative estimate of drug-likeness (QED) is 0.692. The number of aliphatic hydroxyl groups is 1. The lowest BCUT2D eigenvalue weighted by Crippen LogP contribution is -2.51. The lowest BCUT2D eigenvalue weighted by Gasteiger charge is -2.36. The second-order valence-electron chi connectivity index (χ2n) is 4.50. The molecule has 1 rings (SSSR count). The monoisotopic (exact) mass is 226 g/mol. The molecule has 1 aliphatic carbocycles. The SMILES string of the molecule is C=CCC(N)C(=O)N(C)C1CCCCC1O. The van der Waals surface area contributed by atoms with Gasteiger partial charge in [-0.15, -0.1) is 6.58 Å². The standard InChI is InChI=1S/C12H22N2O2/c1-3-6-9(13)12(16)14(2)10-7-4-5-8-11(10)15/h3,9-11,15H,1,4-8,13H2,2H3. The molecule has 1 fully saturated rings. The number of hydrogen-bond donors (Lipinski definition) is 2. The highest BCUT2D eigenvalue weighted by Gasteiger charge is 2.30. The number of carbonyl (C=O) groups excluding carboxylic acids is 1. The van der Waals surface area contributed by atoms with E-state index >= 15 is 0 Å². The van der Waals surface area contributed by atoms with Gasteiger partial charge < -0.3 is 15.7 Å². The highest BCUT2D eigenvalue weighted by molar-refractivity contribution is 5.81. The van der Waals surface area contributed by atoms with Crippen molar-refractivity contribution in [1.29, 1.82) is 0 Å². The van der Waals surface area contributed by atoms with Crippen molar-refractivity contribution in [2.45, 2.75) is 50.3 Å². The summed E-state index contributed by atoms with van der Waals surface area (Å²) < 4.78 is 0. The average molecular weight is 226 g/mol. The molecular formula is C12H22N2O2. The molecule has 3 unspecified atom stereocenters. The minimum atomic E-state index is -0.531. The van der Waals surface area contributed by atoms with Crippen molar-refractivity contribution in [3.05, 3.63) is 12.7 Å². The first-order valence-corrected chi connectivity index (χ1v) is 5.89. The van der Waals surface area contributed by atoms with Crippen molar-refractivity contribution in [3.8, 4) is 0 Å². The number of hydrogen-bond acceptors (Lipinski definition) is 3. The first kappa shape index (κ1) is 13.2. The summed E-state index contributed by atoms with van der Waals surface area (Å²) in [5.74, 6) is -0.106. The Kier molecular flexibility index (Phi) is 4.96. The first-order valence-electron chi connectivity index (χ1n) is 5.89. The minimum absolute atomic E-state index is 0.0721. The number of nitrogens with two attached hydrogens (primary N) is 1. The van der Waals surface area contributed by atoms with Gasteiger partial charge in [0, 0.05) is 7.05 Å². The van der Waals surface area contributed by atoms with Crippen LogP contribution in [0.25, 0.3) is 0 Å². The van der Waals surface area contributed by atoms with Crippen molar-refractivity contribution in [1.82, 2.24) is 4.90 Å². The number of amides is 1. The number of likely N-dealkylation sites (N-methyl/N-ethyl adjacent to an activating group) is 1. The Hall–Kier alpha value is -0.870. The molecule has 0 aromatic heterocycles. The van der Waals surface area contributed by atoms with Crippen LogP contribution in [0.15, 0.2) is 12.7 Å². The van der Waals surface area contributed by atoms with Crippen LogP contribution < -0.4 is 5.73 Å². The van der Waals surface area contributed by atoms with E-state index < -0.39 is 12.1 Å². The maximum Gasteiger partial charge on any atom is 0.239 e. The van der Waals surface area contributed by atoms with Gasteiger partial charge in [0.1, 0.15) is 0 Å². The lowest BCUT2D eigenvalue weighted by atomic mass is 9.91. The van der Waals surface area contributed by atoms with Crippen LogP contribution in [0.2, 0.25) is 0 Å². The molecule has 16 heavy (non-hydrogen) atoms. The number of rotatable bonds is 4. The summed E-state index contributed by atoms with van der Waals surface area (Å²) >= 11 is 0. The second-order valence-corrected chi connectivity index (χ2v) is 4.50. The van der Waals surface area contributed by atoms with E-state index in [0.29, 0.717) is 6.42 Å². The predicted octanol–water partition coefficient (Wildman–Crippen LogP) is 0.652. The number of nitrogens with zero attached hydrogens (tertiary/aromatic N) is 1. The number of aliphatic hydroxyl groups excluding tert-OH is 1. The molecule has 0 aromatic carbocycles. The van der Waals surface area contributed by atoms with E-state index in [-0.39, 0.29) is 11.9 Å². The van der Waals surface area contributed by atoms with Crippen molar-refractivity contribution in [2.24, 2.45) is 5.73 Å². The van der Waals surface area contributed by atoms with Gasteiger partial charge in [0.15, 0.2) is 0 Å². The molecule has 0 heterocycles. The Morgan fingerprint density at radius 1 is 1.62 bits per heavy atom. The highest BCUT2D eigenvalue weighted by atomic mass is 16.3. The van der Waals surface area contributed by atoms with Crippen LogP contribution in [0.4, 0.5) is 0 Å². The topological polar surface area (TPSA) is 66.6 Å². The van der Waals surface area contributed by atoms with Gasteiger partial charge in [-0.25, -0.2) is 0 Å². The van der Waals surface area contributed by atoms with Crippen LogP contribution in [-0.4, -0.2) is 41.1 Å². The van der Waals surface area contributed by atoms with E-state index in [9.17, 15) is 9.90 Å². The van der Waals surface area contributed by atoms with Crippen LogP contribution in [0.1, 0.15) is 32.1 Å². The molecule has 1 saturated carbocycles. The second kappa shape index (κ2) is 6.01. The molecule has 4 nitrogen and oxygen atoms in total. The third-order valence-electron chi connectivity index (χ3n) is 3.28. The molecule has 0 aromatic rings. The molecule has 0 saturated heterocycles. The van der Waals surface area contributed by atoms with Gasteiger partial charge in [0.2, 0.25) is 5.91 Å².